The molecule has 0 saturated carbocycles. The van der Waals surface area contributed by atoms with Crippen LogP contribution in [0.5, 0.6) is 0 Å². The predicted octanol–water partition coefficient (Wildman–Crippen LogP) is 6.47. The molecule has 3 aromatic rings. The maximum absolute atomic E-state index is 13.6. The molecule has 0 bridgehead atoms. The molecule has 1 heterocycles. The smallest absolute Gasteiger partial charge is 0.264 e. The molecule has 0 fully saturated rings. The third-order valence-corrected chi connectivity index (χ3v) is 7.19. The van der Waals surface area contributed by atoms with Gasteiger partial charge in [-0.3, -0.25) is 19.3 Å². The molecule has 186 valence electrons. The number of hydrogen-bond donors (Lipinski definition) is 1. The highest BCUT2D eigenvalue weighted by atomic mass is 16.3. The van der Waals surface area contributed by atoms with Crippen LogP contribution in [-0.2, 0) is 4.79 Å². The lowest BCUT2D eigenvalue weighted by molar-refractivity contribution is -0.116. The average molecular weight is 494 g/mol. The Bertz CT molecular complexity index is 1430. The van der Waals surface area contributed by atoms with E-state index in [0.29, 0.717) is 12.8 Å². The molecular weight excluding hydrogens is 466 g/mol. The molecule has 1 N–H and O–H groups in total. The van der Waals surface area contributed by atoms with Crippen molar-refractivity contribution < 1.29 is 19.5 Å². The van der Waals surface area contributed by atoms with Crippen LogP contribution in [0.4, 0.5) is 5.69 Å². The van der Waals surface area contributed by atoms with Gasteiger partial charge in [-0.1, -0.05) is 80.6 Å². The fourth-order valence-corrected chi connectivity index (χ4v) is 5.30. The number of ketones is 1. The Balaban J connectivity index is 1.55. The largest absolute Gasteiger partial charge is 0.509 e. The van der Waals surface area contributed by atoms with Gasteiger partial charge in [0.15, 0.2) is 11.5 Å². The van der Waals surface area contributed by atoms with Gasteiger partial charge in [-0.2, -0.15) is 0 Å². The third kappa shape index (κ3) is 4.06. The van der Waals surface area contributed by atoms with Gasteiger partial charge in [-0.05, 0) is 36.1 Å². The second kappa shape index (κ2) is 9.93. The Hall–Kier alpha value is -4.39. The molecule has 7 nitrogen and oxygen atoms in total. The van der Waals surface area contributed by atoms with Gasteiger partial charge in [0, 0.05) is 6.04 Å². The Morgan fingerprint density at radius 3 is 1.95 bits per heavy atom. The number of amides is 2. The highest BCUT2D eigenvalue weighted by Gasteiger charge is 2.45. The van der Waals surface area contributed by atoms with Crippen LogP contribution in [0.25, 0.3) is 0 Å². The van der Waals surface area contributed by atoms with E-state index in [1.54, 1.807) is 18.2 Å². The zero-order valence-corrected chi connectivity index (χ0v) is 20.7. The minimum Gasteiger partial charge on any atom is -0.509 e. The van der Waals surface area contributed by atoms with Gasteiger partial charge in [0.1, 0.15) is 5.76 Å². The zero-order valence-electron chi connectivity index (χ0n) is 20.7. The Kier molecular flexibility index (Phi) is 6.53. The third-order valence-electron chi connectivity index (χ3n) is 7.19. The van der Waals surface area contributed by atoms with Gasteiger partial charge in [0.2, 0.25) is 0 Å². The lowest BCUT2D eigenvalue weighted by Gasteiger charge is -2.23. The molecule has 1 aliphatic carbocycles. The lowest BCUT2D eigenvalue weighted by Crippen LogP contribution is -2.39. The van der Waals surface area contributed by atoms with E-state index in [1.807, 2.05) is 74.5 Å². The Labute approximate surface area is 215 Å². The quantitative estimate of drug-likeness (QED) is 0.301. The number of Topliss-reactive ketones (excluding diaryl/α,β-unsaturated/α-hetero) is 1. The van der Waals surface area contributed by atoms with Crippen LogP contribution in [0, 0.1) is 0 Å². The van der Waals surface area contributed by atoms with Crippen molar-refractivity contribution in [2.24, 2.45) is 10.2 Å². The van der Waals surface area contributed by atoms with Gasteiger partial charge in [0.05, 0.1) is 28.7 Å². The summed E-state index contributed by atoms with van der Waals surface area (Å²) in [5, 5.41) is 19.6. The van der Waals surface area contributed by atoms with E-state index in [1.165, 1.54) is 4.90 Å². The number of carbonyl (C=O) groups excluding carboxylic acids is 3. The Morgan fingerprint density at radius 2 is 1.35 bits per heavy atom. The van der Waals surface area contributed by atoms with E-state index < -0.39 is 17.7 Å². The zero-order chi connectivity index (χ0) is 26.1. The van der Waals surface area contributed by atoms with Crippen molar-refractivity contribution in [1.29, 1.82) is 0 Å². The summed E-state index contributed by atoms with van der Waals surface area (Å²) in [5.74, 6) is -2.55. The second-order valence-corrected chi connectivity index (χ2v) is 9.23. The van der Waals surface area contributed by atoms with Gasteiger partial charge >= 0.3 is 0 Å². The van der Waals surface area contributed by atoms with Gasteiger partial charge in [-0.15, -0.1) is 10.2 Å². The predicted molar refractivity (Wildman–Crippen MR) is 139 cm³/mol. The molecule has 0 radical (unpaired) electrons. The summed E-state index contributed by atoms with van der Waals surface area (Å²) in [6.45, 7) is 3.87. The van der Waals surface area contributed by atoms with Crippen LogP contribution in [-0.4, -0.2) is 33.6 Å². The highest BCUT2D eigenvalue weighted by Crippen LogP contribution is 2.47. The van der Waals surface area contributed by atoms with Crippen LogP contribution < -0.4 is 0 Å². The maximum Gasteiger partial charge on any atom is 0.264 e. The molecule has 2 unspecified atom stereocenters. The normalized spacial score (nSPS) is 19.5. The monoisotopic (exact) mass is 493 g/mol. The summed E-state index contributed by atoms with van der Waals surface area (Å²) >= 11 is 0. The summed E-state index contributed by atoms with van der Waals surface area (Å²) in [6, 6.07) is 23.2. The molecule has 7 heteroatoms. The number of rotatable bonds is 7. The van der Waals surface area contributed by atoms with E-state index in [9.17, 15) is 19.5 Å². The number of aliphatic hydroxyl groups excluding tert-OH is 1. The Morgan fingerprint density at radius 1 is 0.757 bits per heavy atom. The molecule has 3 aromatic carbocycles. The number of nitrogens with zero attached hydrogens (tertiary/aromatic N) is 3. The average Bonchev–Trinajstić information content (AvgIpc) is 3.34. The fraction of sp³-hybridized carbons (Fsp3) is 0.233. The van der Waals surface area contributed by atoms with Crippen molar-refractivity contribution in [3.05, 3.63) is 113 Å². The first-order valence-corrected chi connectivity index (χ1v) is 12.5. The van der Waals surface area contributed by atoms with Crippen LogP contribution in [0.15, 0.2) is 101 Å². The van der Waals surface area contributed by atoms with Crippen molar-refractivity contribution in [3.8, 4) is 0 Å². The molecule has 0 saturated heterocycles. The first-order chi connectivity index (χ1) is 18.0. The number of azo groups is 1. The van der Waals surface area contributed by atoms with Crippen molar-refractivity contribution in [2.75, 3.05) is 0 Å². The SMILES string of the molecule is CCC(CC)N1C(=O)c2cccc(N=NC3=C(O)C(c4ccccc4)C(c4ccccc4)C3=O)c2C1=O. The van der Waals surface area contributed by atoms with Crippen LogP contribution in [0.2, 0.25) is 0 Å². The van der Waals surface area contributed by atoms with Crippen LogP contribution >= 0.6 is 0 Å². The van der Waals surface area contributed by atoms with Gasteiger partial charge < -0.3 is 5.11 Å². The molecule has 37 heavy (non-hydrogen) atoms. The molecule has 1 aliphatic heterocycles. The summed E-state index contributed by atoms with van der Waals surface area (Å²) in [4.78, 5) is 41.2. The number of allylic oxidation sites excluding steroid dienone is 2. The molecule has 0 aromatic heterocycles. The number of hydrogen-bond acceptors (Lipinski definition) is 6. The fourth-order valence-electron chi connectivity index (χ4n) is 5.30. The molecule has 0 spiro atoms. The highest BCUT2D eigenvalue weighted by molar-refractivity contribution is 6.23. The van der Waals surface area contributed by atoms with Crippen molar-refractivity contribution in [2.45, 2.75) is 44.6 Å². The molecule has 2 aliphatic rings. The standard InChI is InChI=1S/C30H27N3O4/c1-3-20(4-2)33-29(36)21-16-11-17-22(25(21)30(33)37)31-32-26-27(34)23(18-12-7-5-8-13-18)24(28(26)35)19-14-9-6-10-15-19/h5-17,20,23-24,34H,3-4H2,1-2H3. The van der Waals surface area contributed by atoms with Gasteiger partial charge in [0.25, 0.3) is 11.8 Å². The topological polar surface area (TPSA) is 99.4 Å². The van der Waals surface area contributed by atoms with E-state index in [-0.39, 0.29) is 46.0 Å². The number of aliphatic hydroxyl groups is 1. The summed E-state index contributed by atoms with van der Waals surface area (Å²) in [5.41, 5.74) is 2.04. The minimum absolute atomic E-state index is 0.145. The number of benzene rings is 3. The number of fused-ring (bicyclic) bond motifs is 1. The van der Waals surface area contributed by atoms with Crippen LogP contribution in [0.3, 0.4) is 0 Å². The lowest BCUT2D eigenvalue weighted by atomic mass is 9.82. The maximum atomic E-state index is 13.6. The molecule has 2 atom stereocenters. The van der Waals surface area contributed by atoms with E-state index >= 15 is 0 Å². The first kappa shape index (κ1) is 24.3. The summed E-state index contributed by atoms with van der Waals surface area (Å²) in [6.07, 6.45) is 1.30. The van der Waals surface area contributed by atoms with Crippen molar-refractivity contribution in [1.82, 2.24) is 4.90 Å². The summed E-state index contributed by atoms with van der Waals surface area (Å²) < 4.78 is 0. The number of carbonyl (C=O) groups is 3. The first-order valence-electron chi connectivity index (χ1n) is 12.5. The van der Waals surface area contributed by atoms with Gasteiger partial charge in [-0.25, -0.2) is 0 Å². The van der Waals surface area contributed by atoms with E-state index in [0.717, 1.165) is 11.1 Å². The molecule has 5 rings (SSSR count). The van der Waals surface area contributed by atoms with E-state index in [2.05, 4.69) is 10.2 Å². The van der Waals surface area contributed by atoms with Crippen molar-refractivity contribution >= 4 is 23.3 Å². The molecular formula is C30H27N3O4. The number of imide groups is 1. The second-order valence-electron chi connectivity index (χ2n) is 9.23. The minimum atomic E-state index is -0.660. The van der Waals surface area contributed by atoms with Crippen LogP contribution in [0.1, 0.15) is 70.4 Å². The summed E-state index contributed by atoms with van der Waals surface area (Å²) in [7, 11) is 0. The van der Waals surface area contributed by atoms with E-state index in [4.69, 9.17) is 0 Å². The van der Waals surface area contributed by atoms with Crippen molar-refractivity contribution in [3.63, 3.8) is 0 Å². The molecule has 2 amide bonds.